The van der Waals surface area contributed by atoms with E-state index in [1.54, 1.807) is 54.6 Å². The van der Waals surface area contributed by atoms with Crippen LogP contribution in [0.3, 0.4) is 0 Å². The molecule has 1 aliphatic heterocycles. The van der Waals surface area contributed by atoms with E-state index in [0.29, 0.717) is 39.5 Å². The summed E-state index contributed by atoms with van der Waals surface area (Å²) in [7, 11) is 1.52. The number of benzene rings is 4. The number of hydrogen-bond acceptors (Lipinski definition) is 6. The van der Waals surface area contributed by atoms with Crippen LogP contribution < -0.4 is 14.4 Å². The van der Waals surface area contributed by atoms with E-state index in [1.807, 2.05) is 55.5 Å². The lowest BCUT2D eigenvalue weighted by atomic mass is 9.94. The summed E-state index contributed by atoms with van der Waals surface area (Å²) in [6.07, 6.45) is 0. The Morgan fingerprint density at radius 1 is 0.875 bits per heavy atom. The van der Waals surface area contributed by atoms with Crippen molar-refractivity contribution in [2.45, 2.75) is 13.0 Å². The zero-order valence-corrected chi connectivity index (χ0v) is 21.8. The van der Waals surface area contributed by atoms with Gasteiger partial charge in [-0.3, -0.25) is 14.5 Å². The SMILES string of the molecule is COc1cccc2cc(C(=O)C3=C(O)C(=O)N(c4cccc(C)c4)C3c3cccc(Oc4ccccc4)c3)oc12. The number of carbonyl (C=O) groups is 2. The zero-order valence-electron chi connectivity index (χ0n) is 21.8. The van der Waals surface area contributed by atoms with Crippen molar-refractivity contribution in [2.75, 3.05) is 12.0 Å². The molecule has 0 fully saturated rings. The molecule has 7 nitrogen and oxygen atoms in total. The van der Waals surface area contributed by atoms with Crippen LogP contribution in [0.1, 0.15) is 27.7 Å². The van der Waals surface area contributed by atoms with Gasteiger partial charge in [-0.05, 0) is 66.6 Å². The van der Waals surface area contributed by atoms with Gasteiger partial charge in [0, 0.05) is 11.1 Å². The number of Topliss-reactive ketones (excluding diaryl/α,β-unsaturated/α-hetero) is 1. The minimum Gasteiger partial charge on any atom is -0.503 e. The van der Waals surface area contributed by atoms with Crippen LogP contribution in [0.15, 0.2) is 119 Å². The van der Waals surface area contributed by atoms with Gasteiger partial charge in [0.2, 0.25) is 5.78 Å². The lowest BCUT2D eigenvalue weighted by Gasteiger charge is -2.27. The summed E-state index contributed by atoms with van der Waals surface area (Å²) in [5.41, 5.74) is 2.38. The number of hydrogen-bond donors (Lipinski definition) is 1. The number of fused-ring (bicyclic) bond motifs is 1. The van der Waals surface area contributed by atoms with E-state index in [9.17, 15) is 14.7 Å². The number of aliphatic hydroxyl groups excluding tert-OH is 1. The fourth-order valence-electron chi connectivity index (χ4n) is 5.01. The molecule has 0 spiro atoms. The summed E-state index contributed by atoms with van der Waals surface area (Å²) < 4.78 is 17.3. The maximum atomic E-state index is 14.0. The summed E-state index contributed by atoms with van der Waals surface area (Å²) in [5, 5.41) is 11.8. The normalized spacial score (nSPS) is 15.1. The molecule has 4 aromatic carbocycles. The van der Waals surface area contributed by atoms with Gasteiger partial charge >= 0.3 is 0 Å². The van der Waals surface area contributed by atoms with Gasteiger partial charge in [0.05, 0.1) is 18.7 Å². The summed E-state index contributed by atoms with van der Waals surface area (Å²) in [4.78, 5) is 29.0. The number of methoxy groups -OCH3 is 1. The van der Waals surface area contributed by atoms with E-state index in [0.717, 1.165) is 5.56 Å². The Kier molecular flexibility index (Phi) is 6.32. The van der Waals surface area contributed by atoms with Crippen molar-refractivity contribution in [3.8, 4) is 17.2 Å². The summed E-state index contributed by atoms with van der Waals surface area (Å²) in [5.74, 6) is -0.280. The van der Waals surface area contributed by atoms with Crippen molar-refractivity contribution in [3.05, 3.63) is 131 Å². The van der Waals surface area contributed by atoms with Gasteiger partial charge < -0.3 is 19.0 Å². The highest BCUT2D eigenvalue weighted by molar-refractivity contribution is 6.20. The van der Waals surface area contributed by atoms with E-state index in [4.69, 9.17) is 13.9 Å². The molecule has 0 saturated heterocycles. The van der Waals surface area contributed by atoms with E-state index in [-0.39, 0.29) is 11.3 Å². The average Bonchev–Trinajstić information content (AvgIpc) is 3.52. The molecule has 0 radical (unpaired) electrons. The smallest absolute Gasteiger partial charge is 0.294 e. The molecule has 1 aliphatic rings. The van der Waals surface area contributed by atoms with Crippen molar-refractivity contribution in [1.82, 2.24) is 0 Å². The molecule has 0 bridgehead atoms. The maximum Gasteiger partial charge on any atom is 0.294 e. The molecule has 198 valence electrons. The van der Waals surface area contributed by atoms with Gasteiger partial charge in [0.15, 0.2) is 22.9 Å². The number of carbonyl (C=O) groups excluding carboxylic acids is 2. The predicted octanol–water partition coefficient (Wildman–Crippen LogP) is 7.33. The van der Waals surface area contributed by atoms with E-state index in [2.05, 4.69) is 0 Å². The third-order valence-electron chi connectivity index (χ3n) is 6.84. The molecule has 7 heteroatoms. The van der Waals surface area contributed by atoms with Crippen LogP contribution in [0.5, 0.6) is 17.2 Å². The molecule has 1 atom stereocenters. The number of amides is 1. The summed E-state index contributed by atoms with van der Waals surface area (Å²) in [6.45, 7) is 1.91. The second kappa shape index (κ2) is 10.1. The zero-order chi connectivity index (χ0) is 27.8. The highest BCUT2D eigenvalue weighted by atomic mass is 16.5. The molecule has 1 N–H and O–H groups in total. The quantitative estimate of drug-likeness (QED) is 0.221. The fraction of sp³-hybridized carbons (Fsp3) is 0.0909. The summed E-state index contributed by atoms with van der Waals surface area (Å²) >= 11 is 0. The van der Waals surface area contributed by atoms with Crippen LogP contribution in [-0.4, -0.2) is 23.9 Å². The molecule has 5 aromatic rings. The third-order valence-corrected chi connectivity index (χ3v) is 6.84. The first kappa shape index (κ1) is 25.0. The Morgan fingerprint density at radius 3 is 2.40 bits per heavy atom. The standard InChI is InChI=1S/C33H25NO6/c1-20-9-6-12-23(17-20)34-29(21-10-7-15-25(18-21)39-24-13-4-3-5-14-24)28(31(36)33(34)37)30(35)27-19-22-11-8-16-26(38-2)32(22)40-27/h3-19,29,36H,1-2H3. The Morgan fingerprint density at radius 2 is 1.62 bits per heavy atom. The molecule has 40 heavy (non-hydrogen) atoms. The van der Waals surface area contributed by atoms with E-state index < -0.39 is 23.5 Å². The number of para-hydroxylation sites is 2. The van der Waals surface area contributed by atoms with Gasteiger partial charge in [-0.15, -0.1) is 0 Å². The molecule has 1 unspecified atom stereocenters. The summed E-state index contributed by atoms with van der Waals surface area (Å²) in [6, 6.07) is 29.8. The van der Waals surface area contributed by atoms with Gasteiger partial charge in [0.1, 0.15) is 11.5 Å². The van der Waals surface area contributed by atoms with Crippen molar-refractivity contribution < 1.29 is 28.6 Å². The van der Waals surface area contributed by atoms with Crippen LogP contribution in [0, 0.1) is 6.92 Å². The van der Waals surface area contributed by atoms with Crippen molar-refractivity contribution >= 4 is 28.3 Å². The second-order valence-electron chi connectivity index (χ2n) is 9.48. The number of ketones is 1. The second-order valence-corrected chi connectivity index (χ2v) is 9.48. The number of aryl methyl sites for hydroxylation is 1. The first-order chi connectivity index (χ1) is 19.4. The van der Waals surface area contributed by atoms with Gasteiger partial charge in [-0.1, -0.05) is 54.6 Å². The first-order valence-corrected chi connectivity index (χ1v) is 12.7. The first-order valence-electron chi connectivity index (χ1n) is 12.7. The van der Waals surface area contributed by atoms with Crippen LogP contribution in [-0.2, 0) is 4.79 Å². The van der Waals surface area contributed by atoms with E-state index >= 15 is 0 Å². The van der Waals surface area contributed by atoms with Gasteiger partial charge in [0.25, 0.3) is 5.91 Å². The van der Waals surface area contributed by atoms with E-state index in [1.165, 1.54) is 12.0 Å². The Labute approximate surface area is 230 Å². The minimum absolute atomic E-state index is 0.0124. The highest BCUT2D eigenvalue weighted by Crippen LogP contribution is 2.43. The Bertz CT molecular complexity index is 1790. The molecule has 0 aliphatic carbocycles. The fourth-order valence-corrected chi connectivity index (χ4v) is 5.01. The molecule has 1 aromatic heterocycles. The molecular weight excluding hydrogens is 506 g/mol. The largest absolute Gasteiger partial charge is 0.503 e. The molecular formula is C33H25NO6. The number of ether oxygens (including phenoxy) is 2. The molecule has 6 rings (SSSR count). The Hall–Kier alpha value is -5.30. The van der Waals surface area contributed by atoms with Gasteiger partial charge in [-0.2, -0.15) is 0 Å². The molecule has 0 saturated carbocycles. The molecule has 1 amide bonds. The Balaban J connectivity index is 1.48. The van der Waals surface area contributed by atoms with Gasteiger partial charge in [-0.25, -0.2) is 0 Å². The number of anilines is 1. The third kappa shape index (κ3) is 4.37. The van der Waals surface area contributed by atoms with Crippen LogP contribution in [0.4, 0.5) is 5.69 Å². The number of furan rings is 1. The van der Waals surface area contributed by atoms with Crippen molar-refractivity contribution in [3.63, 3.8) is 0 Å². The lowest BCUT2D eigenvalue weighted by molar-refractivity contribution is -0.117. The number of rotatable bonds is 7. The highest BCUT2D eigenvalue weighted by Gasteiger charge is 2.45. The van der Waals surface area contributed by atoms with Crippen LogP contribution in [0.2, 0.25) is 0 Å². The van der Waals surface area contributed by atoms with Crippen molar-refractivity contribution in [2.24, 2.45) is 0 Å². The lowest BCUT2D eigenvalue weighted by Crippen LogP contribution is -2.31. The minimum atomic E-state index is -0.934. The van der Waals surface area contributed by atoms with Crippen molar-refractivity contribution in [1.29, 1.82) is 0 Å². The van der Waals surface area contributed by atoms with Crippen LogP contribution in [0.25, 0.3) is 11.0 Å². The topological polar surface area (TPSA) is 89.2 Å². The number of aliphatic hydroxyl groups is 1. The molecule has 2 heterocycles. The van der Waals surface area contributed by atoms with Crippen LogP contribution >= 0.6 is 0 Å². The maximum absolute atomic E-state index is 14.0. The predicted molar refractivity (Wildman–Crippen MR) is 151 cm³/mol. The monoisotopic (exact) mass is 531 g/mol. The number of nitrogens with zero attached hydrogens (tertiary/aromatic N) is 1. The average molecular weight is 532 g/mol.